The molecular formula is C15H24. The van der Waals surface area contributed by atoms with Crippen molar-refractivity contribution in [2.75, 3.05) is 0 Å². The van der Waals surface area contributed by atoms with E-state index in [-0.39, 0.29) is 0 Å². The summed E-state index contributed by atoms with van der Waals surface area (Å²) in [5.74, 6) is 3.43. The van der Waals surface area contributed by atoms with E-state index in [2.05, 4.69) is 33.4 Å². The van der Waals surface area contributed by atoms with E-state index < -0.39 is 0 Å². The number of allylic oxidation sites excluding steroid dienone is 3. The molecule has 0 aromatic rings. The Morgan fingerprint density at radius 3 is 2.73 bits per heavy atom. The summed E-state index contributed by atoms with van der Waals surface area (Å²) in [4.78, 5) is 0. The van der Waals surface area contributed by atoms with Crippen molar-refractivity contribution < 1.29 is 0 Å². The van der Waals surface area contributed by atoms with Crippen molar-refractivity contribution in [3.63, 3.8) is 0 Å². The smallest absolute Gasteiger partial charge is 0.0134 e. The standard InChI is InChI=1S/C15H24/c1-10(2)13-8-6-12(4)14-7-5-11(3)9-15(13)14/h9,12-15H,1,5-8H2,2-4H3/t12?,13?,14-,15+/m1/s1. The molecule has 84 valence electrons. The summed E-state index contributed by atoms with van der Waals surface area (Å²) in [6, 6.07) is 0. The van der Waals surface area contributed by atoms with Gasteiger partial charge in [0.05, 0.1) is 0 Å². The fourth-order valence-electron chi connectivity index (χ4n) is 3.62. The summed E-state index contributed by atoms with van der Waals surface area (Å²) in [7, 11) is 0. The minimum atomic E-state index is 0.765. The maximum absolute atomic E-state index is 4.19. The monoisotopic (exact) mass is 204 g/mol. The molecule has 15 heavy (non-hydrogen) atoms. The molecule has 0 saturated heterocycles. The zero-order valence-corrected chi connectivity index (χ0v) is 10.4. The maximum atomic E-state index is 4.19. The van der Waals surface area contributed by atoms with E-state index in [1.807, 2.05) is 0 Å². The van der Waals surface area contributed by atoms with Crippen LogP contribution in [0, 0.1) is 23.7 Å². The van der Waals surface area contributed by atoms with Gasteiger partial charge in [-0.1, -0.05) is 30.7 Å². The molecule has 2 aliphatic carbocycles. The van der Waals surface area contributed by atoms with Crippen LogP contribution in [0.15, 0.2) is 23.8 Å². The summed E-state index contributed by atoms with van der Waals surface area (Å²) in [6.07, 6.45) is 8.07. The molecular weight excluding hydrogens is 180 g/mol. The lowest BCUT2D eigenvalue weighted by atomic mass is 9.61. The molecule has 0 heterocycles. The molecule has 1 fully saturated rings. The number of hydrogen-bond acceptors (Lipinski definition) is 0. The van der Waals surface area contributed by atoms with Gasteiger partial charge in [0, 0.05) is 0 Å². The lowest BCUT2D eigenvalue weighted by Crippen LogP contribution is -2.34. The van der Waals surface area contributed by atoms with Crippen LogP contribution >= 0.6 is 0 Å². The molecule has 1 saturated carbocycles. The first-order chi connectivity index (χ1) is 7.09. The molecule has 2 aliphatic rings. The number of hydrogen-bond donors (Lipinski definition) is 0. The third-order valence-corrected chi connectivity index (χ3v) is 4.60. The van der Waals surface area contributed by atoms with Crippen molar-refractivity contribution >= 4 is 0 Å². The first-order valence-corrected chi connectivity index (χ1v) is 6.42. The van der Waals surface area contributed by atoms with Crippen LogP contribution in [0.1, 0.15) is 46.5 Å². The van der Waals surface area contributed by atoms with E-state index in [0.29, 0.717) is 0 Å². The van der Waals surface area contributed by atoms with Crippen molar-refractivity contribution in [2.45, 2.75) is 46.5 Å². The molecule has 0 aromatic carbocycles. The molecule has 0 spiro atoms. The Hall–Kier alpha value is -0.520. The van der Waals surface area contributed by atoms with Gasteiger partial charge in [-0.05, 0) is 63.2 Å². The average molecular weight is 204 g/mol. The third-order valence-electron chi connectivity index (χ3n) is 4.60. The van der Waals surface area contributed by atoms with Crippen molar-refractivity contribution in [3.8, 4) is 0 Å². The highest BCUT2D eigenvalue weighted by molar-refractivity contribution is 5.15. The average Bonchev–Trinajstić information content (AvgIpc) is 2.17. The Bertz CT molecular complexity index is 284. The van der Waals surface area contributed by atoms with Gasteiger partial charge in [0.1, 0.15) is 0 Å². The van der Waals surface area contributed by atoms with Crippen LogP contribution in [0.25, 0.3) is 0 Å². The molecule has 0 N–H and O–H groups in total. The minimum absolute atomic E-state index is 0.765. The van der Waals surface area contributed by atoms with Crippen LogP contribution in [0.4, 0.5) is 0 Å². The molecule has 0 aliphatic heterocycles. The molecule has 0 amide bonds. The summed E-state index contributed by atoms with van der Waals surface area (Å²) in [6.45, 7) is 11.2. The fraction of sp³-hybridized carbons (Fsp3) is 0.733. The zero-order chi connectivity index (χ0) is 11.0. The van der Waals surface area contributed by atoms with Gasteiger partial charge in [-0.3, -0.25) is 0 Å². The maximum Gasteiger partial charge on any atom is -0.0134 e. The number of fused-ring (bicyclic) bond motifs is 1. The van der Waals surface area contributed by atoms with E-state index >= 15 is 0 Å². The summed E-state index contributed by atoms with van der Waals surface area (Å²) in [5, 5.41) is 0. The zero-order valence-electron chi connectivity index (χ0n) is 10.4. The van der Waals surface area contributed by atoms with Crippen LogP contribution in [-0.4, -0.2) is 0 Å². The molecule has 0 heteroatoms. The van der Waals surface area contributed by atoms with Crippen LogP contribution in [0.2, 0.25) is 0 Å². The Morgan fingerprint density at radius 1 is 1.33 bits per heavy atom. The minimum Gasteiger partial charge on any atom is -0.0998 e. The van der Waals surface area contributed by atoms with E-state index in [4.69, 9.17) is 0 Å². The van der Waals surface area contributed by atoms with E-state index in [9.17, 15) is 0 Å². The molecule has 0 bridgehead atoms. The number of rotatable bonds is 1. The highest BCUT2D eigenvalue weighted by atomic mass is 14.4. The van der Waals surface area contributed by atoms with Gasteiger partial charge < -0.3 is 0 Å². The molecule has 2 rings (SSSR count). The molecule has 0 aromatic heterocycles. The van der Waals surface area contributed by atoms with Crippen molar-refractivity contribution in [2.24, 2.45) is 23.7 Å². The first-order valence-electron chi connectivity index (χ1n) is 6.42. The van der Waals surface area contributed by atoms with Gasteiger partial charge in [0.15, 0.2) is 0 Å². The van der Waals surface area contributed by atoms with E-state index in [1.165, 1.54) is 31.3 Å². The normalized spacial score (nSPS) is 40.6. The van der Waals surface area contributed by atoms with Crippen molar-refractivity contribution in [1.29, 1.82) is 0 Å². The third kappa shape index (κ3) is 2.04. The Labute approximate surface area is 94.5 Å². The van der Waals surface area contributed by atoms with Crippen LogP contribution in [0.5, 0.6) is 0 Å². The highest BCUT2D eigenvalue weighted by Crippen LogP contribution is 2.47. The van der Waals surface area contributed by atoms with E-state index in [1.54, 1.807) is 5.57 Å². The Kier molecular flexibility index (Phi) is 3.04. The summed E-state index contributed by atoms with van der Waals surface area (Å²) in [5.41, 5.74) is 3.01. The predicted molar refractivity (Wildman–Crippen MR) is 66.7 cm³/mol. The Morgan fingerprint density at radius 2 is 2.07 bits per heavy atom. The quantitative estimate of drug-likeness (QED) is 0.548. The van der Waals surface area contributed by atoms with Crippen molar-refractivity contribution in [1.82, 2.24) is 0 Å². The van der Waals surface area contributed by atoms with Crippen LogP contribution in [0.3, 0.4) is 0 Å². The topological polar surface area (TPSA) is 0 Å². The van der Waals surface area contributed by atoms with Gasteiger partial charge in [-0.25, -0.2) is 0 Å². The van der Waals surface area contributed by atoms with E-state index in [0.717, 1.165) is 23.7 Å². The van der Waals surface area contributed by atoms with Crippen LogP contribution in [-0.2, 0) is 0 Å². The summed E-state index contributed by atoms with van der Waals surface area (Å²) < 4.78 is 0. The lowest BCUT2D eigenvalue weighted by Gasteiger charge is -2.44. The molecule has 0 radical (unpaired) electrons. The SMILES string of the molecule is C=C(C)C1CCC(C)[C@H]2CCC(C)=C[C@@H]12. The highest BCUT2D eigenvalue weighted by Gasteiger charge is 2.37. The van der Waals surface area contributed by atoms with Gasteiger partial charge in [0.2, 0.25) is 0 Å². The fourth-order valence-corrected chi connectivity index (χ4v) is 3.62. The Balaban J connectivity index is 2.24. The second-order valence-corrected chi connectivity index (χ2v) is 5.80. The molecule has 4 atom stereocenters. The van der Waals surface area contributed by atoms with Gasteiger partial charge in [-0.15, -0.1) is 0 Å². The second-order valence-electron chi connectivity index (χ2n) is 5.80. The van der Waals surface area contributed by atoms with Crippen molar-refractivity contribution in [3.05, 3.63) is 23.8 Å². The predicted octanol–water partition coefficient (Wildman–Crippen LogP) is 4.58. The lowest BCUT2D eigenvalue weighted by molar-refractivity contribution is 0.135. The van der Waals surface area contributed by atoms with Crippen LogP contribution < -0.4 is 0 Å². The molecule has 0 nitrogen and oxygen atoms in total. The first kappa shape index (κ1) is 11.0. The van der Waals surface area contributed by atoms with Gasteiger partial charge in [-0.2, -0.15) is 0 Å². The largest absolute Gasteiger partial charge is 0.0998 e. The molecule has 2 unspecified atom stereocenters. The van der Waals surface area contributed by atoms with Gasteiger partial charge in [0.25, 0.3) is 0 Å². The second kappa shape index (κ2) is 4.15. The summed E-state index contributed by atoms with van der Waals surface area (Å²) >= 11 is 0. The van der Waals surface area contributed by atoms with Gasteiger partial charge >= 0.3 is 0 Å².